The summed E-state index contributed by atoms with van der Waals surface area (Å²) in [6.45, 7) is 2.67. The van der Waals surface area contributed by atoms with Gasteiger partial charge < -0.3 is 5.11 Å². The molecule has 106 valence electrons. The molecule has 0 aromatic heterocycles. The summed E-state index contributed by atoms with van der Waals surface area (Å²) in [5, 5.41) is 9.61. The average Bonchev–Trinajstić information content (AvgIpc) is 2.37. The van der Waals surface area contributed by atoms with Crippen LogP contribution in [0.1, 0.15) is 32.6 Å². The Morgan fingerprint density at radius 2 is 2.05 bits per heavy atom. The van der Waals surface area contributed by atoms with Crippen LogP contribution in [0, 0.1) is 11.8 Å². The fraction of sp³-hybridized carbons (Fsp3) is 0.571. The molecule has 1 aromatic rings. The van der Waals surface area contributed by atoms with Gasteiger partial charge in [0.1, 0.15) is 10.6 Å². The summed E-state index contributed by atoms with van der Waals surface area (Å²) in [7, 11) is -3.61. The molecule has 1 saturated carbocycles. The molecule has 1 fully saturated rings. The summed E-state index contributed by atoms with van der Waals surface area (Å²) in [6, 6.07) is 6.02. The van der Waals surface area contributed by atoms with Crippen LogP contribution in [-0.4, -0.2) is 20.1 Å². The van der Waals surface area contributed by atoms with E-state index in [1.807, 2.05) is 0 Å². The molecule has 1 aromatic carbocycles. The fourth-order valence-electron chi connectivity index (χ4n) is 2.73. The van der Waals surface area contributed by atoms with Gasteiger partial charge in [-0.1, -0.05) is 31.9 Å². The maximum absolute atomic E-state index is 12.1. The number of benzene rings is 1. The minimum atomic E-state index is -3.61. The van der Waals surface area contributed by atoms with Crippen LogP contribution in [0.15, 0.2) is 29.2 Å². The van der Waals surface area contributed by atoms with Gasteiger partial charge in [0, 0.05) is 6.54 Å². The first-order chi connectivity index (χ1) is 8.99. The zero-order chi connectivity index (χ0) is 13.9. The first kappa shape index (κ1) is 14.3. The van der Waals surface area contributed by atoms with Crippen LogP contribution in [0.4, 0.5) is 0 Å². The maximum Gasteiger partial charge on any atom is 0.244 e. The number of nitrogens with one attached hydrogen (secondary N) is 1. The summed E-state index contributed by atoms with van der Waals surface area (Å²) in [5.41, 5.74) is 0. The van der Waals surface area contributed by atoms with Crippen LogP contribution in [-0.2, 0) is 10.0 Å². The van der Waals surface area contributed by atoms with Crippen molar-refractivity contribution in [2.45, 2.75) is 37.5 Å². The van der Waals surface area contributed by atoms with Crippen LogP contribution in [0.25, 0.3) is 0 Å². The lowest BCUT2D eigenvalue weighted by Crippen LogP contribution is -2.31. The van der Waals surface area contributed by atoms with E-state index in [1.165, 1.54) is 25.0 Å². The molecule has 5 heteroatoms. The number of hydrogen-bond donors (Lipinski definition) is 2. The molecule has 0 heterocycles. The molecular formula is C14H21NO3S. The van der Waals surface area contributed by atoms with Crippen molar-refractivity contribution >= 4 is 10.0 Å². The molecule has 4 nitrogen and oxygen atoms in total. The standard InChI is InChI=1S/C14H21NO3S/c1-11-5-4-6-12(9-11)10-15-19(17,18)14-8-3-2-7-13(14)16/h2-3,7-8,11-12,15-16H,4-6,9-10H2,1H3. The summed E-state index contributed by atoms with van der Waals surface area (Å²) < 4.78 is 26.8. The Morgan fingerprint density at radius 3 is 2.74 bits per heavy atom. The normalized spacial score (nSPS) is 24.3. The average molecular weight is 283 g/mol. The summed E-state index contributed by atoms with van der Waals surface area (Å²) in [6.07, 6.45) is 4.56. The molecule has 0 radical (unpaired) electrons. The lowest BCUT2D eigenvalue weighted by Gasteiger charge is -2.26. The molecule has 2 atom stereocenters. The van der Waals surface area contributed by atoms with Crippen molar-refractivity contribution in [3.63, 3.8) is 0 Å². The minimum absolute atomic E-state index is 0.0427. The number of phenolic OH excluding ortho intramolecular Hbond substituents is 1. The van der Waals surface area contributed by atoms with Crippen molar-refractivity contribution in [1.29, 1.82) is 0 Å². The highest BCUT2D eigenvalue weighted by Gasteiger charge is 2.23. The van der Waals surface area contributed by atoms with Crippen molar-refractivity contribution in [1.82, 2.24) is 4.72 Å². The van der Waals surface area contributed by atoms with Gasteiger partial charge in [-0.3, -0.25) is 0 Å². The molecule has 2 N–H and O–H groups in total. The van der Waals surface area contributed by atoms with Crippen LogP contribution in [0.2, 0.25) is 0 Å². The molecule has 0 aliphatic heterocycles. The highest BCUT2D eigenvalue weighted by Crippen LogP contribution is 2.28. The number of sulfonamides is 1. The lowest BCUT2D eigenvalue weighted by molar-refractivity contribution is 0.283. The smallest absolute Gasteiger partial charge is 0.244 e. The van der Waals surface area contributed by atoms with Crippen LogP contribution >= 0.6 is 0 Å². The van der Waals surface area contributed by atoms with Gasteiger partial charge in [0.05, 0.1) is 0 Å². The van der Waals surface area contributed by atoms with Gasteiger partial charge in [-0.25, -0.2) is 13.1 Å². The van der Waals surface area contributed by atoms with Crippen molar-refractivity contribution in [2.24, 2.45) is 11.8 Å². The van der Waals surface area contributed by atoms with Crippen molar-refractivity contribution in [3.05, 3.63) is 24.3 Å². The van der Waals surface area contributed by atoms with E-state index in [4.69, 9.17) is 0 Å². The number of hydrogen-bond acceptors (Lipinski definition) is 3. The van der Waals surface area contributed by atoms with Gasteiger partial charge in [0.2, 0.25) is 10.0 Å². The molecule has 19 heavy (non-hydrogen) atoms. The molecular weight excluding hydrogens is 262 g/mol. The Morgan fingerprint density at radius 1 is 1.32 bits per heavy atom. The number of rotatable bonds is 4. The summed E-state index contributed by atoms with van der Waals surface area (Å²) in [5.74, 6) is 0.879. The molecule has 1 aliphatic carbocycles. The first-order valence-electron chi connectivity index (χ1n) is 6.76. The number of phenols is 1. The van der Waals surface area contributed by atoms with Crippen LogP contribution in [0.3, 0.4) is 0 Å². The van der Waals surface area contributed by atoms with E-state index in [1.54, 1.807) is 12.1 Å². The first-order valence-corrected chi connectivity index (χ1v) is 8.25. The zero-order valence-electron chi connectivity index (χ0n) is 11.2. The van der Waals surface area contributed by atoms with E-state index in [2.05, 4.69) is 11.6 Å². The van der Waals surface area contributed by atoms with E-state index in [-0.39, 0.29) is 10.6 Å². The highest BCUT2D eigenvalue weighted by atomic mass is 32.2. The molecule has 1 aliphatic rings. The predicted octanol–water partition coefficient (Wildman–Crippen LogP) is 2.50. The minimum Gasteiger partial charge on any atom is -0.507 e. The van der Waals surface area contributed by atoms with Gasteiger partial charge in [0.15, 0.2) is 0 Å². The second-order valence-electron chi connectivity index (χ2n) is 5.46. The monoisotopic (exact) mass is 283 g/mol. The third kappa shape index (κ3) is 3.70. The van der Waals surface area contributed by atoms with E-state index in [9.17, 15) is 13.5 Å². The topological polar surface area (TPSA) is 66.4 Å². The molecule has 0 saturated heterocycles. The highest BCUT2D eigenvalue weighted by molar-refractivity contribution is 7.89. The molecule has 0 amide bonds. The quantitative estimate of drug-likeness (QED) is 0.892. The van der Waals surface area contributed by atoms with Gasteiger partial charge in [-0.15, -0.1) is 0 Å². The Kier molecular flexibility index (Phi) is 4.47. The summed E-state index contributed by atoms with van der Waals surface area (Å²) in [4.78, 5) is -0.0427. The predicted molar refractivity (Wildman–Crippen MR) is 74.4 cm³/mol. The van der Waals surface area contributed by atoms with E-state index < -0.39 is 10.0 Å². The third-order valence-corrected chi connectivity index (χ3v) is 5.23. The van der Waals surface area contributed by atoms with Crippen LogP contribution in [0.5, 0.6) is 5.75 Å². The Labute approximate surface area is 114 Å². The zero-order valence-corrected chi connectivity index (χ0v) is 12.0. The lowest BCUT2D eigenvalue weighted by atomic mass is 9.83. The Bertz CT molecular complexity index is 527. The van der Waals surface area contributed by atoms with Gasteiger partial charge in [0.25, 0.3) is 0 Å². The van der Waals surface area contributed by atoms with Gasteiger partial charge >= 0.3 is 0 Å². The number of aromatic hydroxyl groups is 1. The largest absolute Gasteiger partial charge is 0.507 e. The fourth-order valence-corrected chi connectivity index (χ4v) is 3.95. The van der Waals surface area contributed by atoms with E-state index >= 15 is 0 Å². The van der Waals surface area contributed by atoms with Crippen molar-refractivity contribution in [3.8, 4) is 5.75 Å². The van der Waals surface area contributed by atoms with Crippen molar-refractivity contribution in [2.75, 3.05) is 6.54 Å². The molecule has 2 unspecified atom stereocenters. The third-order valence-electron chi connectivity index (χ3n) is 3.76. The van der Waals surface area contributed by atoms with Crippen LogP contribution < -0.4 is 4.72 Å². The van der Waals surface area contributed by atoms with Crippen molar-refractivity contribution < 1.29 is 13.5 Å². The molecule has 2 rings (SSSR count). The van der Waals surface area contributed by atoms with Gasteiger partial charge in [-0.2, -0.15) is 0 Å². The molecule has 0 spiro atoms. The number of para-hydroxylation sites is 1. The summed E-state index contributed by atoms with van der Waals surface area (Å²) >= 11 is 0. The maximum atomic E-state index is 12.1. The molecule has 0 bridgehead atoms. The second-order valence-corrected chi connectivity index (χ2v) is 7.19. The van der Waals surface area contributed by atoms with Gasteiger partial charge in [-0.05, 0) is 36.8 Å². The van der Waals surface area contributed by atoms with E-state index in [0.29, 0.717) is 18.4 Å². The Balaban J connectivity index is 2.00. The second kappa shape index (κ2) is 5.92. The van der Waals surface area contributed by atoms with E-state index in [0.717, 1.165) is 12.8 Å². The Hall–Kier alpha value is -1.07. The SMILES string of the molecule is CC1CCCC(CNS(=O)(=O)c2ccccc2O)C1.